The number of methoxy groups -OCH3 is 1. The molecule has 0 unspecified atom stereocenters. The molecule has 1 heterocycles. The lowest BCUT2D eigenvalue weighted by Gasteiger charge is -2.10. The minimum absolute atomic E-state index is 0.0885. The van der Waals surface area contributed by atoms with Gasteiger partial charge in [-0.05, 0) is 23.6 Å². The first-order valence-electron chi connectivity index (χ1n) is 5.95. The number of thiophene rings is 1. The zero-order valence-electron chi connectivity index (χ0n) is 10.9. The third-order valence-corrected chi connectivity index (χ3v) is 3.40. The molecular formula is C14H14N2O3S. The molecule has 104 valence electrons. The monoisotopic (exact) mass is 290 g/mol. The van der Waals surface area contributed by atoms with Crippen molar-refractivity contribution in [3.05, 3.63) is 46.7 Å². The minimum Gasteiger partial charge on any atom is -0.495 e. The maximum atomic E-state index is 11.8. The van der Waals surface area contributed by atoms with Crippen molar-refractivity contribution >= 4 is 28.8 Å². The summed E-state index contributed by atoms with van der Waals surface area (Å²) in [5, 5.41) is 7.06. The second kappa shape index (κ2) is 6.72. The van der Waals surface area contributed by atoms with Gasteiger partial charge in [0, 0.05) is 0 Å². The summed E-state index contributed by atoms with van der Waals surface area (Å²) in [6.07, 6.45) is 0. The van der Waals surface area contributed by atoms with Gasteiger partial charge >= 0.3 is 0 Å². The Morgan fingerprint density at radius 3 is 2.70 bits per heavy atom. The van der Waals surface area contributed by atoms with E-state index in [9.17, 15) is 9.59 Å². The second-order valence-corrected chi connectivity index (χ2v) is 4.86. The van der Waals surface area contributed by atoms with Gasteiger partial charge in [0.15, 0.2) is 0 Å². The smallest absolute Gasteiger partial charge is 0.261 e. The van der Waals surface area contributed by atoms with Gasteiger partial charge in [-0.25, -0.2) is 0 Å². The minimum atomic E-state index is -0.306. The first kappa shape index (κ1) is 14.1. The van der Waals surface area contributed by atoms with Gasteiger partial charge in [-0.2, -0.15) is 0 Å². The van der Waals surface area contributed by atoms with Crippen LogP contribution in [0.1, 0.15) is 9.67 Å². The number of anilines is 1. The van der Waals surface area contributed by atoms with Gasteiger partial charge in [-0.1, -0.05) is 18.2 Å². The van der Waals surface area contributed by atoms with Crippen molar-refractivity contribution in [3.63, 3.8) is 0 Å². The Hall–Kier alpha value is -2.34. The average Bonchev–Trinajstić information content (AvgIpc) is 2.99. The van der Waals surface area contributed by atoms with Crippen molar-refractivity contribution in [2.24, 2.45) is 0 Å². The Bertz CT molecular complexity index is 596. The molecule has 0 atom stereocenters. The molecule has 0 aliphatic rings. The predicted molar refractivity (Wildman–Crippen MR) is 78.3 cm³/mol. The van der Waals surface area contributed by atoms with E-state index in [1.165, 1.54) is 18.4 Å². The van der Waals surface area contributed by atoms with E-state index in [-0.39, 0.29) is 18.4 Å². The quantitative estimate of drug-likeness (QED) is 0.886. The summed E-state index contributed by atoms with van der Waals surface area (Å²) in [5.74, 6) is 0.0139. The summed E-state index contributed by atoms with van der Waals surface area (Å²) in [6, 6.07) is 10.6. The molecule has 20 heavy (non-hydrogen) atoms. The number of hydrogen-bond donors (Lipinski definition) is 2. The lowest BCUT2D eigenvalue weighted by Crippen LogP contribution is -2.32. The van der Waals surface area contributed by atoms with Crippen LogP contribution in [0.2, 0.25) is 0 Å². The second-order valence-electron chi connectivity index (χ2n) is 3.91. The molecule has 0 fully saturated rings. The van der Waals surface area contributed by atoms with Crippen LogP contribution in [-0.2, 0) is 4.79 Å². The molecule has 2 rings (SSSR count). The molecule has 0 aliphatic carbocycles. The average molecular weight is 290 g/mol. The number of nitrogens with one attached hydrogen (secondary N) is 2. The van der Waals surface area contributed by atoms with Gasteiger partial charge < -0.3 is 15.4 Å². The Morgan fingerprint density at radius 1 is 1.20 bits per heavy atom. The molecule has 0 saturated heterocycles. The van der Waals surface area contributed by atoms with Crippen molar-refractivity contribution in [2.45, 2.75) is 0 Å². The molecule has 0 saturated carbocycles. The van der Waals surface area contributed by atoms with Crippen LogP contribution in [0.25, 0.3) is 0 Å². The molecule has 0 bridgehead atoms. The molecule has 2 N–H and O–H groups in total. The van der Waals surface area contributed by atoms with E-state index in [0.29, 0.717) is 16.3 Å². The summed E-state index contributed by atoms with van der Waals surface area (Å²) in [4.78, 5) is 24.0. The largest absolute Gasteiger partial charge is 0.495 e. The van der Waals surface area contributed by atoms with E-state index in [0.717, 1.165) is 0 Å². The van der Waals surface area contributed by atoms with Gasteiger partial charge in [0.05, 0.1) is 24.2 Å². The molecule has 0 spiro atoms. The summed E-state index contributed by atoms with van der Waals surface area (Å²) >= 11 is 1.33. The van der Waals surface area contributed by atoms with Crippen LogP contribution in [0.3, 0.4) is 0 Å². The number of para-hydroxylation sites is 2. The van der Waals surface area contributed by atoms with Crippen LogP contribution in [0.5, 0.6) is 5.75 Å². The van der Waals surface area contributed by atoms with E-state index < -0.39 is 0 Å². The lowest BCUT2D eigenvalue weighted by molar-refractivity contribution is -0.115. The Morgan fingerprint density at radius 2 is 2.00 bits per heavy atom. The first-order chi connectivity index (χ1) is 9.70. The topological polar surface area (TPSA) is 67.4 Å². The number of carbonyl (C=O) groups is 2. The Labute approximate surface area is 120 Å². The van der Waals surface area contributed by atoms with E-state index >= 15 is 0 Å². The maximum absolute atomic E-state index is 11.8. The number of amides is 2. The summed E-state index contributed by atoms with van der Waals surface area (Å²) < 4.78 is 5.13. The summed E-state index contributed by atoms with van der Waals surface area (Å²) in [7, 11) is 1.53. The Kier molecular flexibility index (Phi) is 4.73. The number of carbonyl (C=O) groups excluding carboxylic acids is 2. The van der Waals surface area contributed by atoms with Gasteiger partial charge in [-0.15, -0.1) is 11.3 Å². The van der Waals surface area contributed by atoms with Crippen molar-refractivity contribution < 1.29 is 14.3 Å². The van der Waals surface area contributed by atoms with Crippen molar-refractivity contribution in [3.8, 4) is 5.75 Å². The van der Waals surface area contributed by atoms with Crippen LogP contribution in [0, 0.1) is 0 Å². The molecule has 2 amide bonds. The molecule has 1 aromatic carbocycles. The highest BCUT2D eigenvalue weighted by Crippen LogP contribution is 2.22. The van der Waals surface area contributed by atoms with Gasteiger partial charge in [-0.3, -0.25) is 9.59 Å². The fourth-order valence-electron chi connectivity index (χ4n) is 1.60. The maximum Gasteiger partial charge on any atom is 0.261 e. The molecule has 0 radical (unpaired) electrons. The molecular weight excluding hydrogens is 276 g/mol. The highest BCUT2D eigenvalue weighted by molar-refractivity contribution is 7.12. The van der Waals surface area contributed by atoms with Crippen LogP contribution in [0.4, 0.5) is 5.69 Å². The molecule has 0 aliphatic heterocycles. The SMILES string of the molecule is COc1ccccc1NC(=O)CNC(=O)c1cccs1. The van der Waals surface area contributed by atoms with E-state index in [1.807, 2.05) is 11.4 Å². The molecule has 6 heteroatoms. The first-order valence-corrected chi connectivity index (χ1v) is 6.83. The summed E-state index contributed by atoms with van der Waals surface area (Å²) in [6.45, 7) is -0.0885. The molecule has 1 aromatic heterocycles. The third kappa shape index (κ3) is 3.58. The predicted octanol–water partition coefficient (Wildman–Crippen LogP) is 2.13. The normalized spacial score (nSPS) is 9.85. The standard InChI is InChI=1S/C14H14N2O3S/c1-19-11-6-3-2-5-10(11)16-13(17)9-15-14(18)12-7-4-8-20-12/h2-8H,9H2,1H3,(H,15,18)(H,16,17). The van der Waals surface area contributed by atoms with Crippen molar-refractivity contribution in [1.82, 2.24) is 5.32 Å². The van der Waals surface area contributed by atoms with Crippen LogP contribution in [-0.4, -0.2) is 25.5 Å². The van der Waals surface area contributed by atoms with Gasteiger partial charge in [0.25, 0.3) is 5.91 Å². The van der Waals surface area contributed by atoms with Crippen molar-refractivity contribution in [2.75, 3.05) is 19.0 Å². The number of benzene rings is 1. The van der Waals surface area contributed by atoms with Crippen LogP contribution < -0.4 is 15.4 Å². The fourth-order valence-corrected chi connectivity index (χ4v) is 2.24. The number of rotatable bonds is 5. The molecule has 2 aromatic rings. The number of ether oxygens (including phenoxy) is 1. The zero-order valence-corrected chi connectivity index (χ0v) is 11.7. The van der Waals surface area contributed by atoms with Crippen molar-refractivity contribution in [1.29, 1.82) is 0 Å². The third-order valence-electron chi connectivity index (χ3n) is 2.54. The van der Waals surface area contributed by atoms with E-state index in [4.69, 9.17) is 4.74 Å². The summed E-state index contributed by atoms with van der Waals surface area (Å²) in [5.41, 5.74) is 0.574. The zero-order chi connectivity index (χ0) is 14.4. The van der Waals surface area contributed by atoms with Crippen LogP contribution in [0.15, 0.2) is 41.8 Å². The molecule has 5 nitrogen and oxygen atoms in total. The fraction of sp³-hybridized carbons (Fsp3) is 0.143. The van der Waals surface area contributed by atoms with Gasteiger partial charge in [0.2, 0.25) is 5.91 Å². The van der Waals surface area contributed by atoms with E-state index in [1.54, 1.807) is 30.3 Å². The Balaban J connectivity index is 1.88. The number of hydrogen-bond acceptors (Lipinski definition) is 4. The van der Waals surface area contributed by atoms with Gasteiger partial charge in [0.1, 0.15) is 5.75 Å². The lowest BCUT2D eigenvalue weighted by atomic mass is 10.3. The highest BCUT2D eigenvalue weighted by Gasteiger charge is 2.10. The highest BCUT2D eigenvalue weighted by atomic mass is 32.1. The van der Waals surface area contributed by atoms with E-state index in [2.05, 4.69) is 10.6 Å². The van der Waals surface area contributed by atoms with Crippen LogP contribution >= 0.6 is 11.3 Å².